The molecule has 1 N–H and O–H groups in total. The van der Waals surface area contributed by atoms with Crippen molar-refractivity contribution in [3.63, 3.8) is 0 Å². The van der Waals surface area contributed by atoms with Crippen LogP contribution in [0.25, 0.3) is 0 Å². The minimum absolute atomic E-state index is 0.0145. The van der Waals surface area contributed by atoms with Gasteiger partial charge in [-0.15, -0.1) is 0 Å². The van der Waals surface area contributed by atoms with Gasteiger partial charge in [-0.3, -0.25) is 4.72 Å². The monoisotopic (exact) mass is 408 g/mol. The number of sulfonamides is 1. The molecule has 0 aliphatic rings. The van der Waals surface area contributed by atoms with Gasteiger partial charge in [-0.2, -0.15) is 0 Å². The molecule has 2 aromatic rings. The van der Waals surface area contributed by atoms with E-state index < -0.39 is 10.0 Å². The Morgan fingerprint density at radius 1 is 1.24 bits per heavy atom. The molecule has 1 aromatic heterocycles. The first-order chi connectivity index (χ1) is 9.83. The molecule has 1 aromatic carbocycles. The Balaban J connectivity index is 2.37. The van der Waals surface area contributed by atoms with E-state index in [-0.39, 0.29) is 20.9 Å². The van der Waals surface area contributed by atoms with Crippen LogP contribution in [-0.4, -0.2) is 13.4 Å². The van der Waals surface area contributed by atoms with E-state index in [9.17, 15) is 8.42 Å². The zero-order chi connectivity index (χ0) is 15.6. The first-order valence-corrected chi connectivity index (χ1v) is 9.20. The largest absolute Gasteiger partial charge is 0.276 e. The van der Waals surface area contributed by atoms with Gasteiger partial charge in [-0.05, 0) is 36.2 Å². The van der Waals surface area contributed by atoms with Crippen molar-refractivity contribution >= 4 is 54.8 Å². The number of alkyl halides is 1. The highest BCUT2D eigenvalue weighted by molar-refractivity contribution is 9.08. The minimum atomic E-state index is -3.73. The summed E-state index contributed by atoms with van der Waals surface area (Å²) < 4.78 is 27.1. The summed E-state index contributed by atoms with van der Waals surface area (Å²) in [5, 5.41) is 0.884. The smallest absolute Gasteiger partial charge is 0.262 e. The predicted molar refractivity (Wildman–Crippen MR) is 88.9 cm³/mol. The number of aryl methyl sites for hydroxylation is 1. The van der Waals surface area contributed by atoms with Gasteiger partial charge in [0.15, 0.2) is 5.15 Å². The lowest BCUT2D eigenvalue weighted by Crippen LogP contribution is -2.14. The first kappa shape index (κ1) is 16.5. The summed E-state index contributed by atoms with van der Waals surface area (Å²) >= 11 is 15.0. The van der Waals surface area contributed by atoms with E-state index in [1.54, 1.807) is 25.1 Å². The fraction of sp³-hybridized carbons (Fsp3) is 0.154. The second-order valence-corrected chi connectivity index (χ2v) is 7.30. The summed E-state index contributed by atoms with van der Waals surface area (Å²) in [5.74, 6) is 0. The summed E-state index contributed by atoms with van der Waals surface area (Å²) in [6.07, 6.45) is 0. The van der Waals surface area contributed by atoms with Gasteiger partial charge in [0.1, 0.15) is 5.15 Å². The van der Waals surface area contributed by atoms with Crippen LogP contribution >= 0.6 is 39.1 Å². The average Bonchev–Trinajstić information content (AvgIpc) is 2.43. The molecule has 2 rings (SSSR count). The van der Waals surface area contributed by atoms with Crippen molar-refractivity contribution in [3.8, 4) is 0 Å². The highest BCUT2D eigenvalue weighted by atomic mass is 79.9. The number of rotatable bonds is 4. The van der Waals surface area contributed by atoms with Crippen molar-refractivity contribution in [1.82, 2.24) is 4.98 Å². The van der Waals surface area contributed by atoms with Gasteiger partial charge in [0.2, 0.25) is 0 Å². The molecular weight excluding hydrogens is 399 g/mol. The van der Waals surface area contributed by atoms with Crippen molar-refractivity contribution in [3.05, 3.63) is 51.8 Å². The fourth-order valence-corrected chi connectivity index (χ4v) is 3.82. The van der Waals surface area contributed by atoms with Crippen LogP contribution in [0.5, 0.6) is 0 Å². The third kappa shape index (κ3) is 3.88. The van der Waals surface area contributed by atoms with Gasteiger partial charge in [0, 0.05) is 5.33 Å². The van der Waals surface area contributed by atoms with Crippen LogP contribution in [0.4, 0.5) is 5.69 Å². The van der Waals surface area contributed by atoms with Crippen LogP contribution in [0.1, 0.15) is 11.1 Å². The van der Waals surface area contributed by atoms with E-state index in [1.807, 2.05) is 0 Å². The zero-order valence-corrected chi connectivity index (χ0v) is 14.8. The number of aromatic nitrogens is 1. The summed E-state index contributed by atoms with van der Waals surface area (Å²) in [5.41, 5.74) is 1.81. The Morgan fingerprint density at radius 2 is 1.86 bits per heavy atom. The zero-order valence-electron chi connectivity index (χ0n) is 10.9. The van der Waals surface area contributed by atoms with E-state index in [1.165, 1.54) is 12.1 Å². The van der Waals surface area contributed by atoms with Crippen molar-refractivity contribution in [2.45, 2.75) is 17.1 Å². The number of nitrogens with one attached hydrogen (secondary N) is 1. The molecule has 0 saturated carbocycles. The first-order valence-electron chi connectivity index (χ1n) is 5.84. The van der Waals surface area contributed by atoms with E-state index in [2.05, 4.69) is 25.6 Å². The Bertz CT molecular complexity index is 741. The standard InChI is InChI=1S/C13H11BrCl2N2O2S/c1-8-6-11(15)17-13(16)12(8)18-21(19,20)10-4-2-9(7-14)3-5-10/h2-6,18H,7H2,1H3. The quantitative estimate of drug-likeness (QED) is 0.601. The number of hydrogen-bond acceptors (Lipinski definition) is 3. The molecule has 0 fully saturated rings. The van der Waals surface area contributed by atoms with Crippen LogP contribution in [0.3, 0.4) is 0 Å². The molecule has 0 spiro atoms. The fourth-order valence-electron chi connectivity index (χ4n) is 1.67. The van der Waals surface area contributed by atoms with Crippen LogP contribution in [0.2, 0.25) is 10.3 Å². The number of pyridine rings is 1. The molecule has 0 aliphatic heterocycles. The maximum Gasteiger partial charge on any atom is 0.262 e. The Morgan fingerprint density at radius 3 is 2.38 bits per heavy atom. The molecular formula is C13H11BrCl2N2O2S. The normalized spacial score (nSPS) is 11.4. The lowest BCUT2D eigenvalue weighted by Gasteiger charge is -2.12. The minimum Gasteiger partial charge on any atom is -0.276 e. The molecule has 8 heteroatoms. The molecule has 1 heterocycles. The second kappa shape index (κ2) is 6.52. The molecule has 0 bridgehead atoms. The number of halogens is 3. The summed E-state index contributed by atoms with van der Waals surface area (Å²) in [6.45, 7) is 1.70. The average molecular weight is 410 g/mol. The van der Waals surface area contributed by atoms with Crippen LogP contribution in [0.15, 0.2) is 35.2 Å². The van der Waals surface area contributed by atoms with Crippen LogP contribution < -0.4 is 4.72 Å². The summed E-state index contributed by atoms with van der Waals surface area (Å²) in [4.78, 5) is 3.99. The molecule has 21 heavy (non-hydrogen) atoms. The third-order valence-electron chi connectivity index (χ3n) is 2.77. The highest BCUT2D eigenvalue weighted by Crippen LogP contribution is 2.28. The van der Waals surface area contributed by atoms with Gasteiger partial charge in [-0.1, -0.05) is 51.3 Å². The van der Waals surface area contributed by atoms with Gasteiger partial charge in [-0.25, -0.2) is 13.4 Å². The maximum absolute atomic E-state index is 12.3. The second-order valence-electron chi connectivity index (χ2n) is 4.31. The van der Waals surface area contributed by atoms with E-state index in [0.717, 1.165) is 5.56 Å². The van der Waals surface area contributed by atoms with Crippen molar-refractivity contribution in [2.24, 2.45) is 0 Å². The number of nitrogens with zero attached hydrogens (tertiary/aromatic N) is 1. The molecule has 4 nitrogen and oxygen atoms in total. The van der Waals surface area contributed by atoms with Crippen LogP contribution in [-0.2, 0) is 15.4 Å². The Labute approximate surface area is 141 Å². The molecule has 0 unspecified atom stereocenters. The molecule has 0 aliphatic carbocycles. The van der Waals surface area contributed by atoms with Gasteiger partial charge < -0.3 is 0 Å². The van der Waals surface area contributed by atoms with Crippen LogP contribution in [0, 0.1) is 6.92 Å². The van der Waals surface area contributed by atoms with E-state index >= 15 is 0 Å². The lowest BCUT2D eigenvalue weighted by molar-refractivity contribution is 0.601. The molecule has 112 valence electrons. The van der Waals surface area contributed by atoms with Gasteiger partial charge in [0.05, 0.1) is 10.6 Å². The van der Waals surface area contributed by atoms with E-state index in [0.29, 0.717) is 10.9 Å². The predicted octanol–water partition coefficient (Wildman–Crippen LogP) is 4.39. The van der Waals surface area contributed by atoms with Gasteiger partial charge in [0.25, 0.3) is 10.0 Å². The van der Waals surface area contributed by atoms with Crippen molar-refractivity contribution < 1.29 is 8.42 Å². The van der Waals surface area contributed by atoms with Gasteiger partial charge >= 0.3 is 0 Å². The molecule has 0 amide bonds. The SMILES string of the molecule is Cc1cc(Cl)nc(Cl)c1NS(=O)(=O)c1ccc(CBr)cc1. The highest BCUT2D eigenvalue weighted by Gasteiger charge is 2.18. The molecule has 0 saturated heterocycles. The topological polar surface area (TPSA) is 59.1 Å². The summed E-state index contributed by atoms with van der Waals surface area (Å²) in [7, 11) is -3.73. The number of anilines is 1. The third-order valence-corrected chi connectivity index (χ3v) is 5.25. The lowest BCUT2D eigenvalue weighted by atomic mass is 10.2. The number of benzene rings is 1. The Hall–Kier alpha value is -0.820. The maximum atomic E-state index is 12.3. The molecule has 0 atom stereocenters. The number of hydrogen-bond donors (Lipinski definition) is 1. The Kier molecular flexibility index (Phi) is 5.14. The van der Waals surface area contributed by atoms with E-state index in [4.69, 9.17) is 23.2 Å². The summed E-state index contributed by atoms with van der Waals surface area (Å²) in [6, 6.07) is 8.08. The molecule has 0 radical (unpaired) electrons. The van der Waals surface area contributed by atoms with Crippen molar-refractivity contribution in [1.29, 1.82) is 0 Å². The van der Waals surface area contributed by atoms with Crippen molar-refractivity contribution in [2.75, 3.05) is 4.72 Å².